The SMILES string of the molecule is CC(C)(CN)C(=O)C1CCCCCC1. The Labute approximate surface area is 87.2 Å². The van der Waals surface area contributed by atoms with Crippen molar-refractivity contribution in [3.05, 3.63) is 0 Å². The number of hydrogen-bond donors (Lipinski definition) is 1. The van der Waals surface area contributed by atoms with E-state index in [0.29, 0.717) is 12.3 Å². The molecule has 1 fully saturated rings. The average Bonchev–Trinajstić information content (AvgIpc) is 2.44. The van der Waals surface area contributed by atoms with Crippen LogP contribution >= 0.6 is 0 Å². The van der Waals surface area contributed by atoms with E-state index in [1.165, 1.54) is 25.7 Å². The summed E-state index contributed by atoms with van der Waals surface area (Å²) in [5, 5.41) is 0. The summed E-state index contributed by atoms with van der Waals surface area (Å²) in [6, 6.07) is 0. The van der Waals surface area contributed by atoms with Gasteiger partial charge in [-0.15, -0.1) is 0 Å². The van der Waals surface area contributed by atoms with Gasteiger partial charge in [0.05, 0.1) is 0 Å². The fraction of sp³-hybridized carbons (Fsp3) is 0.917. The topological polar surface area (TPSA) is 43.1 Å². The molecule has 0 amide bonds. The Balaban J connectivity index is 2.58. The number of carbonyl (C=O) groups is 1. The lowest BCUT2D eigenvalue weighted by Crippen LogP contribution is -2.37. The Morgan fingerprint density at radius 3 is 2.14 bits per heavy atom. The molecule has 1 rings (SSSR count). The molecule has 0 saturated heterocycles. The maximum absolute atomic E-state index is 12.1. The highest BCUT2D eigenvalue weighted by Crippen LogP contribution is 2.29. The summed E-state index contributed by atoms with van der Waals surface area (Å²) >= 11 is 0. The van der Waals surface area contributed by atoms with Crippen molar-refractivity contribution in [1.82, 2.24) is 0 Å². The summed E-state index contributed by atoms with van der Waals surface area (Å²) < 4.78 is 0. The fourth-order valence-corrected chi connectivity index (χ4v) is 2.19. The van der Waals surface area contributed by atoms with Crippen LogP contribution in [0.2, 0.25) is 0 Å². The molecule has 0 aliphatic heterocycles. The lowest BCUT2D eigenvalue weighted by atomic mass is 9.78. The van der Waals surface area contributed by atoms with Crippen molar-refractivity contribution in [2.45, 2.75) is 52.4 Å². The highest BCUT2D eigenvalue weighted by atomic mass is 16.1. The molecular weight excluding hydrogens is 174 g/mol. The van der Waals surface area contributed by atoms with Crippen LogP contribution in [-0.2, 0) is 4.79 Å². The van der Waals surface area contributed by atoms with Crippen LogP contribution in [0.25, 0.3) is 0 Å². The molecule has 0 bridgehead atoms. The summed E-state index contributed by atoms with van der Waals surface area (Å²) in [7, 11) is 0. The highest BCUT2D eigenvalue weighted by Gasteiger charge is 2.32. The first-order valence-electron chi connectivity index (χ1n) is 5.82. The Morgan fingerprint density at radius 1 is 1.21 bits per heavy atom. The molecule has 14 heavy (non-hydrogen) atoms. The van der Waals surface area contributed by atoms with Gasteiger partial charge in [0.2, 0.25) is 0 Å². The van der Waals surface area contributed by atoms with Crippen LogP contribution in [0.1, 0.15) is 52.4 Å². The third kappa shape index (κ3) is 2.81. The Morgan fingerprint density at radius 2 is 1.71 bits per heavy atom. The van der Waals surface area contributed by atoms with E-state index in [1.54, 1.807) is 0 Å². The van der Waals surface area contributed by atoms with Gasteiger partial charge in [0.1, 0.15) is 5.78 Å². The van der Waals surface area contributed by atoms with Gasteiger partial charge < -0.3 is 5.73 Å². The first kappa shape index (κ1) is 11.7. The molecule has 82 valence electrons. The zero-order chi connectivity index (χ0) is 10.6. The van der Waals surface area contributed by atoms with Crippen molar-refractivity contribution in [2.75, 3.05) is 6.54 Å². The maximum atomic E-state index is 12.1. The van der Waals surface area contributed by atoms with Crippen molar-refractivity contribution in [3.8, 4) is 0 Å². The lowest BCUT2D eigenvalue weighted by Gasteiger charge is -2.26. The quantitative estimate of drug-likeness (QED) is 0.706. The summed E-state index contributed by atoms with van der Waals surface area (Å²) in [4.78, 5) is 12.1. The zero-order valence-corrected chi connectivity index (χ0v) is 9.51. The Kier molecular flexibility index (Phi) is 4.11. The van der Waals surface area contributed by atoms with Crippen LogP contribution in [0.4, 0.5) is 0 Å². The second-order valence-corrected chi connectivity index (χ2v) is 5.14. The Bertz CT molecular complexity index is 190. The smallest absolute Gasteiger partial charge is 0.142 e. The first-order valence-corrected chi connectivity index (χ1v) is 5.82. The second-order valence-electron chi connectivity index (χ2n) is 5.14. The molecule has 1 aliphatic rings. The van der Waals surface area contributed by atoms with Gasteiger partial charge in [-0.1, -0.05) is 39.5 Å². The van der Waals surface area contributed by atoms with Gasteiger partial charge in [0.15, 0.2) is 0 Å². The van der Waals surface area contributed by atoms with Crippen molar-refractivity contribution in [1.29, 1.82) is 0 Å². The fourth-order valence-electron chi connectivity index (χ4n) is 2.19. The lowest BCUT2D eigenvalue weighted by molar-refractivity contribution is -0.131. The van der Waals surface area contributed by atoms with E-state index in [0.717, 1.165) is 12.8 Å². The van der Waals surface area contributed by atoms with Crippen molar-refractivity contribution in [3.63, 3.8) is 0 Å². The molecule has 0 heterocycles. The van der Waals surface area contributed by atoms with Gasteiger partial charge in [-0.3, -0.25) is 4.79 Å². The van der Waals surface area contributed by atoms with E-state index in [4.69, 9.17) is 5.73 Å². The molecule has 0 aromatic rings. The third-order valence-electron chi connectivity index (χ3n) is 3.40. The summed E-state index contributed by atoms with van der Waals surface area (Å²) in [5.74, 6) is 0.679. The minimum absolute atomic E-state index is 0.288. The predicted molar refractivity (Wildman–Crippen MR) is 59.0 cm³/mol. The maximum Gasteiger partial charge on any atom is 0.142 e. The monoisotopic (exact) mass is 197 g/mol. The second kappa shape index (κ2) is 4.92. The summed E-state index contributed by atoms with van der Waals surface area (Å²) in [5.41, 5.74) is 5.32. The van der Waals surface area contributed by atoms with Gasteiger partial charge in [-0.05, 0) is 12.8 Å². The zero-order valence-electron chi connectivity index (χ0n) is 9.51. The van der Waals surface area contributed by atoms with Crippen LogP contribution in [0.5, 0.6) is 0 Å². The number of hydrogen-bond acceptors (Lipinski definition) is 2. The van der Waals surface area contributed by atoms with Crippen LogP contribution in [0.3, 0.4) is 0 Å². The van der Waals surface area contributed by atoms with Crippen molar-refractivity contribution >= 4 is 5.78 Å². The normalized spacial score (nSPS) is 20.5. The average molecular weight is 197 g/mol. The number of rotatable bonds is 3. The molecule has 2 heteroatoms. The van der Waals surface area contributed by atoms with Gasteiger partial charge >= 0.3 is 0 Å². The molecule has 2 N–H and O–H groups in total. The molecule has 0 unspecified atom stereocenters. The molecular formula is C12H23NO. The first-order chi connectivity index (χ1) is 6.58. The molecule has 0 spiro atoms. The highest BCUT2D eigenvalue weighted by molar-refractivity contribution is 5.86. The summed E-state index contributed by atoms with van der Waals surface area (Å²) in [6.45, 7) is 4.42. The van der Waals surface area contributed by atoms with E-state index >= 15 is 0 Å². The van der Waals surface area contributed by atoms with Crippen LogP contribution in [0.15, 0.2) is 0 Å². The van der Waals surface area contributed by atoms with E-state index < -0.39 is 0 Å². The molecule has 1 saturated carbocycles. The van der Waals surface area contributed by atoms with Gasteiger partial charge in [-0.2, -0.15) is 0 Å². The number of ketones is 1. The standard InChI is InChI=1S/C12H23NO/c1-12(2,9-13)11(14)10-7-5-3-4-6-8-10/h10H,3-9,13H2,1-2H3. The van der Waals surface area contributed by atoms with Gasteiger partial charge in [0.25, 0.3) is 0 Å². The minimum atomic E-state index is -0.311. The van der Waals surface area contributed by atoms with Gasteiger partial charge in [-0.25, -0.2) is 0 Å². The van der Waals surface area contributed by atoms with E-state index in [1.807, 2.05) is 13.8 Å². The molecule has 2 nitrogen and oxygen atoms in total. The van der Waals surface area contributed by atoms with E-state index in [2.05, 4.69) is 0 Å². The Hall–Kier alpha value is -0.370. The number of carbonyl (C=O) groups excluding carboxylic acids is 1. The van der Waals surface area contributed by atoms with Crippen molar-refractivity contribution in [2.24, 2.45) is 17.1 Å². The van der Waals surface area contributed by atoms with Crippen LogP contribution < -0.4 is 5.73 Å². The molecule has 0 radical (unpaired) electrons. The van der Waals surface area contributed by atoms with Crippen LogP contribution in [-0.4, -0.2) is 12.3 Å². The molecule has 0 atom stereocenters. The van der Waals surface area contributed by atoms with Gasteiger partial charge in [0, 0.05) is 17.9 Å². The van der Waals surface area contributed by atoms with E-state index in [9.17, 15) is 4.79 Å². The van der Waals surface area contributed by atoms with Crippen molar-refractivity contribution < 1.29 is 4.79 Å². The molecule has 0 aromatic heterocycles. The minimum Gasteiger partial charge on any atom is -0.329 e. The molecule has 1 aliphatic carbocycles. The van der Waals surface area contributed by atoms with E-state index in [-0.39, 0.29) is 11.3 Å². The third-order valence-corrected chi connectivity index (χ3v) is 3.40. The summed E-state index contributed by atoms with van der Waals surface area (Å²) in [6.07, 6.45) is 7.21. The predicted octanol–water partition coefficient (Wildman–Crippen LogP) is 2.51. The largest absolute Gasteiger partial charge is 0.329 e. The van der Waals surface area contributed by atoms with Crippen LogP contribution in [0, 0.1) is 11.3 Å². The number of nitrogens with two attached hydrogens (primary N) is 1. The number of Topliss-reactive ketones (excluding diaryl/α,β-unsaturated/α-hetero) is 1. The molecule has 0 aromatic carbocycles.